The number of aromatic nitrogens is 1. The van der Waals surface area contributed by atoms with E-state index in [1.54, 1.807) is 18.2 Å². The molecule has 24 heavy (non-hydrogen) atoms. The second-order valence-corrected chi connectivity index (χ2v) is 6.90. The van der Waals surface area contributed by atoms with Gasteiger partial charge < -0.3 is 9.94 Å². The summed E-state index contributed by atoms with van der Waals surface area (Å²) >= 11 is 0. The second kappa shape index (κ2) is 6.04. The molecule has 0 aliphatic rings. The van der Waals surface area contributed by atoms with Crippen molar-refractivity contribution in [2.24, 2.45) is 0 Å². The first kappa shape index (κ1) is 16.1. The Balaban J connectivity index is 1.88. The van der Waals surface area contributed by atoms with Crippen LogP contribution in [0.5, 0.6) is 5.75 Å². The number of rotatable bonds is 3. The predicted molar refractivity (Wildman–Crippen MR) is 95.3 cm³/mol. The van der Waals surface area contributed by atoms with Crippen molar-refractivity contribution in [2.45, 2.75) is 32.8 Å². The molecule has 0 spiro atoms. The van der Waals surface area contributed by atoms with Gasteiger partial charge in [0.2, 0.25) is 0 Å². The number of hydrogen-bond acceptors (Lipinski definition) is 3. The standard InChI is InChI=1S/C20H21NO3/c1-20(2,3)15-10-8-14(9-11-15)13-24-21-17-7-5-4-6-16(17)18(22)12-19(21)23/h4-12,22H,13H2,1-3H3. The Morgan fingerprint density at radius 1 is 1.04 bits per heavy atom. The molecule has 0 atom stereocenters. The molecule has 1 aromatic heterocycles. The van der Waals surface area contributed by atoms with Gasteiger partial charge in [0, 0.05) is 11.5 Å². The lowest BCUT2D eigenvalue weighted by Gasteiger charge is -2.19. The maximum atomic E-state index is 12.1. The van der Waals surface area contributed by atoms with Gasteiger partial charge in [0.15, 0.2) is 0 Å². The third kappa shape index (κ3) is 3.13. The van der Waals surface area contributed by atoms with Gasteiger partial charge in [0.05, 0.1) is 5.52 Å². The third-order valence-electron chi connectivity index (χ3n) is 4.04. The molecule has 1 N–H and O–H groups in total. The zero-order chi connectivity index (χ0) is 17.3. The first-order valence-electron chi connectivity index (χ1n) is 7.93. The fraction of sp³-hybridized carbons (Fsp3) is 0.250. The van der Waals surface area contributed by atoms with E-state index < -0.39 is 5.56 Å². The molecule has 0 aliphatic heterocycles. The quantitative estimate of drug-likeness (QED) is 0.801. The van der Waals surface area contributed by atoms with Crippen molar-refractivity contribution in [1.29, 1.82) is 0 Å². The molecular weight excluding hydrogens is 302 g/mol. The fourth-order valence-electron chi connectivity index (χ4n) is 2.61. The number of nitrogens with zero attached hydrogens (tertiary/aromatic N) is 1. The van der Waals surface area contributed by atoms with Gasteiger partial charge in [0.1, 0.15) is 12.4 Å². The largest absolute Gasteiger partial charge is 0.507 e. The van der Waals surface area contributed by atoms with Crippen LogP contribution in [0.1, 0.15) is 31.9 Å². The average Bonchev–Trinajstić information content (AvgIpc) is 2.54. The molecule has 0 unspecified atom stereocenters. The average molecular weight is 323 g/mol. The SMILES string of the molecule is CC(C)(C)c1ccc(COn2c(=O)cc(O)c3ccccc32)cc1. The van der Waals surface area contributed by atoms with E-state index in [4.69, 9.17) is 4.84 Å². The number of para-hydroxylation sites is 1. The Hall–Kier alpha value is -2.75. The summed E-state index contributed by atoms with van der Waals surface area (Å²) in [7, 11) is 0. The highest BCUT2D eigenvalue weighted by Crippen LogP contribution is 2.23. The highest BCUT2D eigenvalue weighted by Gasteiger charge is 2.13. The summed E-state index contributed by atoms with van der Waals surface area (Å²) in [4.78, 5) is 17.8. The molecule has 0 amide bonds. The van der Waals surface area contributed by atoms with Crippen molar-refractivity contribution in [3.63, 3.8) is 0 Å². The first-order chi connectivity index (χ1) is 11.4. The van der Waals surface area contributed by atoms with E-state index in [9.17, 15) is 9.90 Å². The van der Waals surface area contributed by atoms with Crippen molar-refractivity contribution < 1.29 is 9.94 Å². The molecule has 0 aliphatic carbocycles. The maximum absolute atomic E-state index is 12.1. The minimum Gasteiger partial charge on any atom is -0.507 e. The van der Waals surface area contributed by atoms with Gasteiger partial charge >= 0.3 is 0 Å². The summed E-state index contributed by atoms with van der Waals surface area (Å²) in [6, 6.07) is 16.5. The second-order valence-electron chi connectivity index (χ2n) is 6.90. The summed E-state index contributed by atoms with van der Waals surface area (Å²) in [5.41, 5.74) is 2.49. The van der Waals surface area contributed by atoms with Crippen LogP contribution in [0, 0.1) is 0 Å². The zero-order valence-electron chi connectivity index (χ0n) is 14.1. The molecule has 0 bridgehead atoms. The van der Waals surface area contributed by atoms with Gasteiger partial charge in [0.25, 0.3) is 5.56 Å². The molecule has 124 valence electrons. The molecule has 3 aromatic rings. The van der Waals surface area contributed by atoms with Crippen LogP contribution in [0.25, 0.3) is 10.9 Å². The van der Waals surface area contributed by atoms with Crippen LogP contribution in [0.15, 0.2) is 59.4 Å². The lowest BCUT2D eigenvalue weighted by Crippen LogP contribution is -2.26. The maximum Gasteiger partial charge on any atom is 0.287 e. The summed E-state index contributed by atoms with van der Waals surface area (Å²) in [5.74, 6) is -0.0371. The van der Waals surface area contributed by atoms with E-state index in [1.165, 1.54) is 16.4 Å². The molecule has 0 saturated heterocycles. The molecule has 0 radical (unpaired) electrons. The van der Waals surface area contributed by atoms with Crippen molar-refractivity contribution in [3.8, 4) is 5.75 Å². The third-order valence-corrected chi connectivity index (χ3v) is 4.04. The normalized spacial score (nSPS) is 11.6. The summed E-state index contributed by atoms with van der Waals surface area (Å²) in [6.45, 7) is 6.78. The number of fused-ring (bicyclic) bond motifs is 1. The predicted octanol–water partition coefficient (Wildman–Crippen LogP) is 3.63. The summed E-state index contributed by atoms with van der Waals surface area (Å²) in [6.07, 6.45) is 0. The Kier molecular flexibility index (Phi) is 4.06. The zero-order valence-corrected chi connectivity index (χ0v) is 14.1. The number of hydrogen-bond donors (Lipinski definition) is 1. The van der Waals surface area contributed by atoms with Gasteiger partial charge in [-0.2, -0.15) is 0 Å². The fourth-order valence-corrected chi connectivity index (χ4v) is 2.61. The topological polar surface area (TPSA) is 51.5 Å². The van der Waals surface area contributed by atoms with Crippen LogP contribution >= 0.6 is 0 Å². The minimum atomic E-state index is -0.391. The van der Waals surface area contributed by atoms with Crippen molar-refractivity contribution >= 4 is 10.9 Å². The van der Waals surface area contributed by atoms with Gasteiger partial charge in [-0.1, -0.05) is 57.2 Å². The van der Waals surface area contributed by atoms with Gasteiger partial charge in [-0.15, -0.1) is 4.73 Å². The van der Waals surface area contributed by atoms with Crippen molar-refractivity contribution in [2.75, 3.05) is 0 Å². The molecule has 3 rings (SSSR count). The van der Waals surface area contributed by atoms with Crippen LogP contribution < -0.4 is 10.4 Å². The Labute approximate surface area is 140 Å². The Morgan fingerprint density at radius 2 is 1.71 bits per heavy atom. The molecule has 4 nitrogen and oxygen atoms in total. The van der Waals surface area contributed by atoms with Gasteiger partial charge in [-0.3, -0.25) is 4.79 Å². The van der Waals surface area contributed by atoms with Crippen LogP contribution in [0.2, 0.25) is 0 Å². The van der Waals surface area contributed by atoms with Gasteiger partial charge in [-0.05, 0) is 28.7 Å². The molecule has 0 saturated carbocycles. The lowest BCUT2D eigenvalue weighted by molar-refractivity contribution is 0.0989. The molecule has 2 aromatic carbocycles. The van der Waals surface area contributed by atoms with E-state index in [0.717, 1.165) is 5.56 Å². The number of aromatic hydroxyl groups is 1. The smallest absolute Gasteiger partial charge is 0.287 e. The van der Waals surface area contributed by atoms with Crippen molar-refractivity contribution in [1.82, 2.24) is 4.73 Å². The van der Waals surface area contributed by atoms with E-state index in [2.05, 4.69) is 32.9 Å². The van der Waals surface area contributed by atoms with Crippen LogP contribution in [0.4, 0.5) is 0 Å². The van der Waals surface area contributed by atoms with E-state index in [1.807, 2.05) is 18.2 Å². The van der Waals surface area contributed by atoms with E-state index in [0.29, 0.717) is 10.9 Å². The monoisotopic (exact) mass is 323 g/mol. The summed E-state index contributed by atoms with van der Waals surface area (Å²) in [5, 5.41) is 10.5. The number of benzene rings is 2. The Bertz CT molecular complexity index is 918. The van der Waals surface area contributed by atoms with E-state index in [-0.39, 0.29) is 17.8 Å². The Morgan fingerprint density at radius 3 is 2.38 bits per heavy atom. The molecular formula is C20H21NO3. The minimum absolute atomic E-state index is 0.0371. The van der Waals surface area contributed by atoms with Crippen LogP contribution in [-0.2, 0) is 12.0 Å². The van der Waals surface area contributed by atoms with Crippen molar-refractivity contribution in [3.05, 3.63) is 76.1 Å². The highest BCUT2D eigenvalue weighted by atomic mass is 16.7. The highest BCUT2D eigenvalue weighted by molar-refractivity contribution is 5.84. The van der Waals surface area contributed by atoms with Gasteiger partial charge in [-0.25, -0.2) is 0 Å². The number of pyridine rings is 1. The molecule has 4 heteroatoms. The summed E-state index contributed by atoms with van der Waals surface area (Å²) < 4.78 is 1.23. The molecule has 0 fully saturated rings. The lowest BCUT2D eigenvalue weighted by atomic mass is 9.87. The van der Waals surface area contributed by atoms with Crippen LogP contribution in [-0.4, -0.2) is 9.84 Å². The first-order valence-corrected chi connectivity index (χ1v) is 7.93. The van der Waals surface area contributed by atoms with Crippen LogP contribution in [0.3, 0.4) is 0 Å². The van der Waals surface area contributed by atoms with E-state index >= 15 is 0 Å². The molecule has 1 heterocycles.